The van der Waals surface area contributed by atoms with Gasteiger partial charge in [0.25, 0.3) is 11.8 Å². The minimum Gasteiger partial charge on any atom is -0.350 e. The van der Waals surface area contributed by atoms with E-state index in [-0.39, 0.29) is 22.4 Å². The summed E-state index contributed by atoms with van der Waals surface area (Å²) in [7, 11) is -3.72. The lowest BCUT2D eigenvalue weighted by molar-refractivity contribution is 0.0948. The summed E-state index contributed by atoms with van der Waals surface area (Å²) in [5, 5.41) is 12.4. The van der Waals surface area contributed by atoms with E-state index in [0.717, 1.165) is 16.9 Å². The highest BCUT2D eigenvalue weighted by Gasteiger charge is 2.13. The Balaban J connectivity index is 1.51. The smallest absolute Gasteiger partial charge is 0.270 e. The normalized spacial score (nSPS) is 11.1. The lowest BCUT2D eigenvalue weighted by Gasteiger charge is -2.05. The molecule has 0 unspecified atom stereocenters. The fourth-order valence-corrected chi connectivity index (χ4v) is 3.65. The van der Waals surface area contributed by atoms with Crippen LogP contribution < -0.4 is 15.8 Å². The van der Waals surface area contributed by atoms with Gasteiger partial charge in [-0.1, -0.05) is 30.3 Å². The molecule has 8 nitrogen and oxygen atoms in total. The molecule has 0 spiro atoms. The monoisotopic (exact) mass is 430 g/mol. The number of nitrogens with zero attached hydrogens (tertiary/aromatic N) is 1. The third-order valence-corrected chi connectivity index (χ3v) is 5.63. The van der Waals surface area contributed by atoms with Crippen molar-refractivity contribution in [2.75, 3.05) is 11.9 Å². The standard InChI is InChI=1S/C19H18N4O4S2/c20-29(26,27)15-8-6-13(7-9-15)10-11-21-18(25)16-12-28-19(22-16)23-17(24)14-4-2-1-3-5-14/h1-9,12H,10-11H2,(H,21,25)(H2,20,26,27)(H,22,23,24). The van der Waals surface area contributed by atoms with Crippen LogP contribution in [0.4, 0.5) is 5.13 Å². The van der Waals surface area contributed by atoms with Crippen molar-refractivity contribution in [2.45, 2.75) is 11.3 Å². The Bertz CT molecular complexity index is 1110. The third kappa shape index (κ3) is 5.70. The highest BCUT2D eigenvalue weighted by molar-refractivity contribution is 7.89. The third-order valence-electron chi connectivity index (χ3n) is 3.94. The summed E-state index contributed by atoms with van der Waals surface area (Å²) >= 11 is 1.16. The van der Waals surface area contributed by atoms with Crippen LogP contribution in [0.25, 0.3) is 0 Å². The zero-order valence-corrected chi connectivity index (χ0v) is 16.8. The summed E-state index contributed by atoms with van der Waals surface area (Å²) in [5.41, 5.74) is 1.57. The highest BCUT2D eigenvalue weighted by atomic mass is 32.2. The first-order chi connectivity index (χ1) is 13.8. The number of nitrogens with two attached hydrogens (primary N) is 1. The van der Waals surface area contributed by atoms with Gasteiger partial charge in [0.2, 0.25) is 10.0 Å². The molecule has 0 bridgehead atoms. The number of hydrogen-bond acceptors (Lipinski definition) is 6. The van der Waals surface area contributed by atoms with Gasteiger partial charge < -0.3 is 5.32 Å². The molecule has 1 aromatic heterocycles. The number of sulfonamides is 1. The van der Waals surface area contributed by atoms with E-state index in [2.05, 4.69) is 15.6 Å². The molecule has 10 heteroatoms. The molecule has 0 fully saturated rings. The molecule has 0 aliphatic heterocycles. The molecule has 0 atom stereocenters. The fourth-order valence-electron chi connectivity index (χ4n) is 2.45. The zero-order valence-electron chi connectivity index (χ0n) is 15.2. The van der Waals surface area contributed by atoms with Gasteiger partial charge in [-0.25, -0.2) is 18.5 Å². The number of carbonyl (C=O) groups is 2. The second kappa shape index (κ2) is 8.95. The molecule has 3 rings (SSSR count). The molecule has 29 heavy (non-hydrogen) atoms. The molecule has 0 saturated carbocycles. The van der Waals surface area contributed by atoms with E-state index in [1.807, 2.05) is 6.07 Å². The number of nitrogens with one attached hydrogen (secondary N) is 2. The van der Waals surface area contributed by atoms with Crippen molar-refractivity contribution in [2.24, 2.45) is 5.14 Å². The van der Waals surface area contributed by atoms with E-state index in [1.165, 1.54) is 12.1 Å². The summed E-state index contributed by atoms with van der Waals surface area (Å²) in [6.07, 6.45) is 0.512. The van der Waals surface area contributed by atoms with E-state index in [1.54, 1.807) is 41.8 Å². The Labute approximate surface area is 171 Å². The summed E-state index contributed by atoms with van der Waals surface area (Å²) in [4.78, 5) is 28.5. The minimum absolute atomic E-state index is 0.0397. The molecule has 2 amide bonds. The van der Waals surface area contributed by atoms with E-state index in [4.69, 9.17) is 5.14 Å². The van der Waals surface area contributed by atoms with Crippen molar-refractivity contribution < 1.29 is 18.0 Å². The molecule has 2 aromatic carbocycles. The predicted molar refractivity (Wildman–Crippen MR) is 110 cm³/mol. The van der Waals surface area contributed by atoms with Gasteiger partial charge in [-0.3, -0.25) is 14.9 Å². The van der Waals surface area contributed by atoms with Gasteiger partial charge in [-0.05, 0) is 36.2 Å². The largest absolute Gasteiger partial charge is 0.350 e. The second-order valence-corrected chi connectivity index (χ2v) is 8.47. The van der Waals surface area contributed by atoms with E-state index in [0.29, 0.717) is 23.7 Å². The lowest BCUT2D eigenvalue weighted by Crippen LogP contribution is -2.26. The topological polar surface area (TPSA) is 131 Å². The maximum absolute atomic E-state index is 12.2. The van der Waals surface area contributed by atoms with Crippen molar-refractivity contribution in [3.8, 4) is 0 Å². The Morgan fingerprint density at radius 1 is 1.00 bits per heavy atom. The first kappa shape index (κ1) is 20.6. The molecule has 4 N–H and O–H groups in total. The van der Waals surface area contributed by atoms with Crippen LogP contribution in [0.5, 0.6) is 0 Å². The summed E-state index contributed by atoms with van der Waals surface area (Å²) in [6.45, 7) is 0.344. The number of carbonyl (C=O) groups excluding carboxylic acids is 2. The Morgan fingerprint density at radius 2 is 1.69 bits per heavy atom. The van der Waals surface area contributed by atoms with Crippen LogP contribution in [0.15, 0.2) is 64.9 Å². The first-order valence-electron chi connectivity index (χ1n) is 8.55. The number of amides is 2. The van der Waals surface area contributed by atoms with Crippen LogP contribution in [0, 0.1) is 0 Å². The molecule has 0 aliphatic rings. The maximum atomic E-state index is 12.2. The fraction of sp³-hybridized carbons (Fsp3) is 0.105. The molecule has 1 heterocycles. The molecule has 150 valence electrons. The highest BCUT2D eigenvalue weighted by Crippen LogP contribution is 2.16. The van der Waals surface area contributed by atoms with Gasteiger partial charge >= 0.3 is 0 Å². The lowest BCUT2D eigenvalue weighted by atomic mass is 10.1. The summed E-state index contributed by atoms with van der Waals surface area (Å²) in [6, 6.07) is 14.9. The number of primary sulfonamides is 1. The average Bonchev–Trinajstić information content (AvgIpc) is 3.17. The quantitative estimate of drug-likeness (QED) is 0.528. The molecule has 3 aromatic rings. The minimum atomic E-state index is -3.72. The van der Waals surface area contributed by atoms with Gasteiger partial charge in [0.15, 0.2) is 5.13 Å². The number of anilines is 1. The van der Waals surface area contributed by atoms with Gasteiger partial charge in [-0.2, -0.15) is 0 Å². The van der Waals surface area contributed by atoms with Gasteiger partial charge in [0, 0.05) is 17.5 Å². The van der Waals surface area contributed by atoms with Gasteiger partial charge in [0.1, 0.15) is 5.69 Å². The molecule has 0 radical (unpaired) electrons. The van der Waals surface area contributed by atoms with Crippen LogP contribution in [0.1, 0.15) is 26.4 Å². The summed E-state index contributed by atoms with van der Waals surface area (Å²) in [5.74, 6) is -0.655. The molecule has 0 saturated heterocycles. The van der Waals surface area contributed by atoms with E-state index >= 15 is 0 Å². The van der Waals surface area contributed by atoms with Crippen LogP contribution >= 0.6 is 11.3 Å². The molecular formula is C19H18N4O4S2. The Hall–Kier alpha value is -3.08. The van der Waals surface area contributed by atoms with Crippen LogP contribution in [0.3, 0.4) is 0 Å². The van der Waals surface area contributed by atoms with E-state index in [9.17, 15) is 18.0 Å². The van der Waals surface area contributed by atoms with Crippen molar-refractivity contribution >= 4 is 38.3 Å². The Morgan fingerprint density at radius 3 is 2.34 bits per heavy atom. The number of rotatable bonds is 7. The zero-order chi connectivity index (χ0) is 20.9. The number of hydrogen-bond donors (Lipinski definition) is 3. The van der Waals surface area contributed by atoms with E-state index < -0.39 is 10.0 Å². The average molecular weight is 431 g/mol. The van der Waals surface area contributed by atoms with Crippen molar-refractivity contribution in [1.82, 2.24) is 10.3 Å². The Kier molecular flexibility index (Phi) is 6.37. The van der Waals surface area contributed by atoms with Gasteiger partial charge in [0.05, 0.1) is 4.90 Å². The van der Waals surface area contributed by atoms with Crippen LogP contribution in [-0.2, 0) is 16.4 Å². The van der Waals surface area contributed by atoms with Crippen molar-refractivity contribution in [3.63, 3.8) is 0 Å². The maximum Gasteiger partial charge on any atom is 0.270 e. The summed E-state index contributed by atoms with van der Waals surface area (Å²) < 4.78 is 22.5. The van der Waals surface area contributed by atoms with Crippen LogP contribution in [-0.4, -0.2) is 31.8 Å². The van der Waals surface area contributed by atoms with Crippen molar-refractivity contribution in [1.29, 1.82) is 0 Å². The van der Waals surface area contributed by atoms with Crippen molar-refractivity contribution in [3.05, 3.63) is 76.8 Å². The van der Waals surface area contributed by atoms with Gasteiger partial charge in [-0.15, -0.1) is 11.3 Å². The second-order valence-electron chi connectivity index (χ2n) is 6.05. The first-order valence-corrected chi connectivity index (χ1v) is 11.0. The number of thiazole rings is 1. The predicted octanol–water partition coefficient (Wildman–Crippen LogP) is 2.02. The number of aromatic nitrogens is 1. The SMILES string of the molecule is NS(=O)(=O)c1ccc(CCNC(=O)c2csc(NC(=O)c3ccccc3)n2)cc1. The van der Waals surface area contributed by atoms with Crippen LogP contribution in [0.2, 0.25) is 0 Å². The number of benzene rings is 2. The molecular weight excluding hydrogens is 412 g/mol. The molecule has 0 aliphatic carbocycles.